The minimum Gasteiger partial charge on any atom is -0.297 e. The topological polar surface area (TPSA) is 61.5 Å². The highest BCUT2D eigenvalue weighted by Gasteiger charge is 2.06. The van der Waals surface area contributed by atoms with Crippen molar-refractivity contribution in [2.75, 3.05) is 0 Å². The molecule has 0 aliphatic rings. The lowest BCUT2D eigenvalue weighted by Crippen LogP contribution is -1.97. The van der Waals surface area contributed by atoms with E-state index in [1.165, 1.54) is 0 Å². The van der Waals surface area contributed by atoms with Gasteiger partial charge in [0, 0.05) is 11.6 Å². The van der Waals surface area contributed by atoms with Crippen molar-refractivity contribution in [2.24, 2.45) is 0 Å². The van der Waals surface area contributed by atoms with Crippen molar-refractivity contribution >= 4 is 32.5 Å². The number of pyridine rings is 1. The maximum Gasteiger partial charge on any atom is 0.273 e. The third-order valence-electron chi connectivity index (χ3n) is 2.04. The highest BCUT2D eigenvalue weighted by atomic mass is 32.1. The normalized spacial score (nSPS) is 11.4. The molecular weight excluding hydrogens is 186 g/mol. The number of fused-ring (bicyclic) bond motifs is 3. The molecule has 64 valence electrons. The van der Waals surface area contributed by atoms with E-state index in [0.29, 0.717) is 5.39 Å². The van der Waals surface area contributed by atoms with Crippen LogP contribution >= 0.6 is 11.3 Å². The first-order valence-electron chi connectivity index (χ1n) is 3.79. The van der Waals surface area contributed by atoms with Crippen LogP contribution in [0.15, 0.2) is 22.4 Å². The summed E-state index contributed by atoms with van der Waals surface area (Å²) in [6.45, 7) is 0. The van der Waals surface area contributed by atoms with Crippen LogP contribution in [-0.4, -0.2) is 15.2 Å². The fraction of sp³-hybridized carbons (Fsp3) is 0. The van der Waals surface area contributed by atoms with Crippen LogP contribution in [0.25, 0.3) is 21.1 Å². The van der Waals surface area contributed by atoms with Gasteiger partial charge in [-0.2, -0.15) is 0 Å². The summed E-state index contributed by atoms with van der Waals surface area (Å²) in [5.41, 5.74) is 0.729. The molecule has 4 nitrogen and oxygen atoms in total. The first kappa shape index (κ1) is 6.85. The first-order valence-corrected chi connectivity index (χ1v) is 4.67. The van der Waals surface area contributed by atoms with Crippen LogP contribution in [0.5, 0.6) is 0 Å². The number of aromatic amines is 2. The second-order valence-corrected chi connectivity index (χ2v) is 3.66. The Morgan fingerprint density at radius 2 is 2.23 bits per heavy atom. The molecule has 0 aromatic carbocycles. The van der Waals surface area contributed by atoms with E-state index in [0.717, 1.165) is 15.7 Å². The zero-order chi connectivity index (χ0) is 8.84. The van der Waals surface area contributed by atoms with E-state index in [-0.39, 0.29) is 5.56 Å². The fourth-order valence-corrected chi connectivity index (χ4v) is 2.16. The highest BCUT2D eigenvalue weighted by molar-refractivity contribution is 7.16. The third kappa shape index (κ3) is 0.790. The van der Waals surface area contributed by atoms with Crippen LogP contribution < -0.4 is 5.56 Å². The van der Waals surface area contributed by atoms with E-state index in [9.17, 15) is 4.79 Å². The van der Waals surface area contributed by atoms with E-state index in [2.05, 4.69) is 15.2 Å². The van der Waals surface area contributed by atoms with Crippen LogP contribution in [0.1, 0.15) is 0 Å². The number of hydrogen-bond donors (Lipinski definition) is 2. The molecule has 0 unspecified atom stereocenters. The molecule has 5 heteroatoms. The van der Waals surface area contributed by atoms with Gasteiger partial charge < -0.3 is 0 Å². The lowest BCUT2D eigenvalue weighted by Gasteiger charge is -1.88. The van der Waals surface area contributed by atoms with Crippen molar-refractivity contribution in [3.05, 3.63) is 28.0 Å². The summed E-state index contributed by atoms with van der Waals surface area (Å²) in [5, 5.41) is 8.97. The van der Waals surface area contributed by atoms with E-state index in [4.69, 9.17) is 0 Å². The van der Waals surface area contributed by atoms with Crippen LogP contribution in [0.2, 0.25) is 0 Å². The van der Waals surface area contributed by atoms with Crippen molar-refractivity contribution < 1.29 is 0 Å². The van der Waals surface area contributed by atoms with Crippen LogP contribution in [0.3, 0.4) is 0 Å². The molecule has 3 aromatic rings. The Morgan fingerprint density at radius 1 is 1.31 bits per heavy atom. The summed E-state index contributed by atoms with van der Waals surface area (Å²) < 4.78 is 0. The largest absolute Gasteiger partial charge is 0.297 e. The summed E-state index contributed by atoms with van der Waals surface area (Å²) >= 11 is 1.56. The molecule has 3 aromatic heterocycles. The predicted octanol–water partition coefficient (Wildman–Crippen LogP) is 1.47. The zero-order valence-electron chi connectivity index (χ0n) is 6.50. The Labute approximate surface area is 76.2 Å². The average molecular weight is 191 g/mol. The van der Waals surface area contributed by atoms with Gasteiger partial charge in [-0.05, 0) is 11.4 Å². The van der Waals surface area contributed by atoms with Crippen molar-refractivity contribution in [3.8, 4) is 0 Å². The lowest BCUT2D eigenvalue weighted by atomic mass is 10.2. The summed E-state index contributed by atoms with van der Waals surface area (Å²) in [6, 6.07) is 1.96. The summed E-state index contributed by atoms with van der Waals surface area (Å²) in [7, 11) is 0. The molecular formula is C8H5N3OS. The maximum atomic E-state index is 11.2. The molecule has 0 bridgehead atoms. The van der Waals surface area contributed by atoms with E-state index < -0.39 is 0 Å². The van der Waals surface area contributed by atoms with Gasteiger partial charge in [-0.25, -0.2) is 4.98 Å². The number of H-pyrrole nitrogens is 2. The van der Waals surface area contributed by atoms with Crippen LogP contribution in [0.4, 0.5) is 0 Å². The van der Waals surface area contributed by atoms with Gasteiger partial charge in [-0.1, -0.05) is 0 Å². The third-order valence-corrected chi connectivity index (χ3v) is 2.86. The molecule has 0 spiro atoms. The second-order valence-electron chi connectivity index (χ2n) is 2.77. The van der Waals surface area contributed by atoms with Gasteiger partial charge in [-0.3, -0.25) is 15.0 Å². The summed E-state index contributed by atoms with van der Waals surface area (Å²) in [6.07, 6.45) is 1.60. The quantitative estimate of drug-likeness (QED) is 0.565. The molecule has 3 rings (SSSR count). The number of rotatable bonds is 0. The monoisotopic (exact) mass is 191 g/mol. The van der Waals surface area contributed by atoms with Gasteiger partial charge in [0.15, 0.2) is 0 Å². The second kappa shape index (κ2) is 2.20. The molecule has 13 heavy (non-hydrogen) atoms. The van der Waals surface area contributed by atoms with E-state index >= 15 is 0 Å². The molecule has 3 heterocycles. The fourth-order valence-electron chi connectivity index (χ4n) is 1.42. The maximum absolute atomic E-state index is 11.2. The van der Waals surface area contributed by atoms with Gasteiger partial charge >= 0.3 is 0 Å². The molecule has 0 aliphatic heterocycles. The molecule has 2 N–H and O–H groups in total. The Kier molecular flexibility index (Phi) is 1.16. The first-order chi connectivity index (χ1) is 6.36. The summed E-state index contributed by atoms with van der Waals surface area (Å²) in [4.78, 5) is 16.3. The molecule has 0 fully saturated rings. The van der Waals surface area contributed by atoms with Crippen molar-refractivity contribution in [3.63, 3.8) is 0 Å². The average Bonchev–Trinajstić information content (AvgIpc) is 2.70. The zero-order valence-corrected chi connectivity index (χ0v) is 7.31. The number of nitrogens with zero attached hydrogens (tertiary/aromatic N) is 1. The minimum atomic E-state index is -0.115. The Hall–Kier alpha value is -1.62. The van der Waals surface area contributed by atoms with Gasteiger partial charge in [0.2, 0.25) is 0 Å². The van der Waals surface area contributed by atoms with Crippen LogP contribution in [-0.2, 0) is 0 Å². The SMILES string of the molecule is O=c1[nH][nH]c2c1cnc1sccc12. The smallest absolute Gasteiger partial charge is 0.273 e. The molecule has 0 saturated heterocycles. The summed E-state index contributed by atoms with van der Waals surface area (Å²) in [5.74, 6) is 0. The highest BCUT2D eigenvalue weighted by Crippen LogP contribution is 2.23. The molecule has 0 aliphatic carbocycles. The Morgan fingerprint density at radius 3 is 3.15 bits per heavy atom. The van der Waals surface area contributed by atoms with E-state index in [1.807, 2.05) is 11.4 Å². The molecule has 0 radical (unpaired) electrons. The molecule has 0 amide bonds. The Balaban J connectivity index is 2.74. The minimum absolute atomic E-state index is 0.115. The molecule has 0 saturated carbocycles. The number of hydrogen-bond acceptors (Lipinski definition) is 3. The predicted molar refractivity (Wildman–Crippen MR) is 52.1 cm³/mol. The van der Waals surface area contributed by atoms with Crippen LogP contribution in [0, 0.1) is 0 Å². The van der Waals surface area contributed by atoms with Gasteiger partial charge in [0.05, 0.1) is 10.9 Å². The van der Waals surface area contributed by atoms with Crippen molar-refractivity contribution in [1.82, 2.24) is 15.2 Å². The van der Waals surface area contributed by atoms with Gasteiger partial charge in [0.1, 0.15) is 4.83 Å². The molecule has 0 atom stereocenters. The number of aromatic nitrogens is 3. The van der Waals surface area contributed by atoms with Gasteiger partial charge in [-0.15, -0.1) is 11.3 Å². The van der Waals surface area contributed by atoms with Crippen molar-refractivity contribution in [2.45, 2.75) is 0 Å². The number of thiophene rings is 1. The lowest BCUT2D eigenvalue weighted by molar-refractivity contribution is 1.08. The standard InChI is InChI=1S/C8H5N3OS/c12-7-5-3-9-8-4(1-2-13-8)6(5)10-11-7/h1-3H,(H2,10,11,12). The Bertz CT molecular complexity index is 633. The van der Waals surface area contributed by atoms with E-state index in [1.54, 1.807) is 17.5 Å². The number of nitrogens with one attached hydrogen (secondary N) is 2. The van der Waals surface area contributed by atoms with Crippen molar-refractivity contribution in [1.29, 1.82) is 0 Å². The van der Waals surface area contributed by atoms with Gasteiger partial charge in [0.25, 0.3) is 5.56 Å².